The molecular weight excluding hydrogens is 413 g/mol. The monoisotopic (exact) mass is 433 g/mol. The molecule has 1 aromatic carbocycles. The van der Waals surface area contributed by atoms with Gasteiger partial charge in [0.2, 0.25) is 5.91 Å². The van der Waals surface area contributed by atoms with Crippen LogP contribution in [0.15, 0.2) is 34.2 Å². The summed E-state index contributed by atoms with van der Waals surface area (Å²) in [4.78, 5) is 36.1. The van der Waals surface area contributed by atoms with E-state index in [2.05, 4.69) is 20.2 Å². The average molecular weight is 434 g/mol. The van der Waals surface area contributed by atoms with E-state index in [0.29, 0.717) is 22.0 Å². The van der Waals surface area contributed by atoms with Gasteiger partial charge in [-0.2, -0.15) is 4.98 Å². The third-order valence-corrected chi connectivity index (χ3v) is 6.82. The molecule has 1 saturated heterocycles. The average Bonchev–Trinajstić information content (AvgIpc) is 3.39. The fourth-order valence-corrected chi connectivity index (χ4v) is 4.90. The molecule has 3 aromatic rings. The molecular formula is C19H20FN5O2S2. The Morgan fingerprint density at radius 3 is 2.69 bits per heavy atom. The normalized spacial score (nSPS) is 13.9. The van der Waals surface area contributed by atoms with Crippen molar-refractivity contribution in [2.45, 2.75) is 24.5 Å². The van der Waals surface area contributed by atoms with Gasteiger partial charge < -0.3 is 10.2 Å². The number of nitrogens with zero attached hydrogens (tertiary/aromatic N) is 4. The second kappa shape index (κ2) is 8.50. The molecule has 0 unspecified atom stereocenters. The highest BCUT2D eigenvalue weighted by Gasteiger charge is 2.20. The number of benzene rings is 1. The molecule has 0 spiro atoms. The molecule has 2 aromatic heterocycles. The zero-order valence-corrected chi connectivity index (χ0v) is 17.5. The topological polar surface area (TPSA) is 80.1 Å². The zero-order valence-electron chi connectivity index (χ0n) is 15.9. The summed E-state index contributed by atoms with van der Waals surface area (Å²) in [5.74, 6) is -0.381. The predicted octanol–water partition coefficient (Wildman–Crippen LogP) is 2.54. The smallest absolute Gasteiger partial charge is 0.273 e. The van der Waals surface area contributed by atoms with Gasteiger partial charge in [0.15, 0.2) is 15.9 Å². The molecule has 0 saturated carbocycles. The first-order valence-corrected chi connectivity index (χ1v) is 11.1. The molecule has 1 amide bonds. The number of rotatable bonds is 6. The molecule has 1 fully saturated rings. The van der Waals surface area contributed by atoms with Crippen LogP contribution in [-0.2, 0) is 18.4 Å². The van der Waals surface area contributed by atoms with Crippen LogP contribution >= 0.6 is 23.1 Å². The van der Waals surface area contributed by atoms with E-state index < -0.39 is 0 Å². The number of aromatic nitrogens is 3. The van der Waals surface area contributed by atoms with E-state index in [0.717, 1.165) is 36.6 Å². The number of hydrogen-bond donors (Lipinski definition) is 1. The Morgan fingerprint density at radius 2 is 1.97 bits per heavy atom. The van der Waals surface area contributed by atoms with Crippen LogP contribution in [-0.4, -0.2) is 39.3 Å². The predicted molar refractivity (Wildman–Crippen MR) is 113 cm³/mol. The van der Waals surface area contributed by atoms with Crippen molar-refractivity contribution in [1.82, 2.24) is 19.9 Å². The van der Waals surface area contributed by atoms with E-state index in [-0.39, 0.29) is 23.0 Å². The molecule has 152 valence electrons. The summed E-state index contributed by atoms with van der Waals surface area (Å²) < 4.78 is 14.9. The highest BCUT2D eigenvalue weighted by molar-refractivity contribution is 7.99. The van der Waals surface area contributed by atoms with Crippen molar-refractivity contribution in [3.63, 3.8) is 0 Å². The Balaban J connectivity index is 1.43. The molecule has 1 N–H and O–H groups in total. The van der Waals surface area contributed by atoms with Crippen molar-refractivity contribution < 1.29 is 9.18 Å². The number of fused-ring (bicyclic) bond motifs is 1. The van der Waals surface area contributed by atoms with Crippen LogP contribution in [0, 0.1) is 5.82 Å². The molecule has 1 aliphatic rings. The molecule has 29 heavy (non-hydrogen) atoms. The molecule has 0 radical (unpaired) electrons. The minimum atomic E-state index is -0.312. The van der Waals surface area contributed by atoms with Crippen LogP contribution in [0.3, 0.4) is 0 Å². The highest BCUT2D eigenvalue weighted by Crippen LogP contribution is 2.29. The molecule has 0 atom stereocenters. The largest absolute Gasteiger partial charge is 0.351 e. The van der Waals surface area contributed by atoms with Gasteiger partial charge in [0.1, 0.15) is 10.5 Å². The number of hydrogen-bond acceptors (Lipinski definition) is 7. The standard InChI is InChI=1S/C19H20FN5O2S2/c1-24-17(27)15-16(23-19(29-15)25-8-2-3-9-25)22-18(24)28-11-14(26)21-10-12-4-6-13(20)7-5-12/h4-7H,2-3,8-11H2,1H3,(H,21,26). The maximum absolute atomic E-state index is 12.9. The van der Waals surface area contributed by atoms with Crippen LogP contribution in [0.4, 0.5) is 9.52 Å². The van der Waals surface area contributed by atoms with Gasteiger partial charge in [-0.1, -0.05) is 35.2 Å². The first-order chi connectivity index (χ1) is 14.0. The van der Waals surface area contributed by atoms with Crippen LogP contribution in [0.1, 0.15) is 18.4 Å². The lowest BCUT2D eigenvalue weighted by Gasteiger charge is -2.11. The van der Waals surface area contributed by atoms with Gasteiger partial charge in [-0.3, -0.25) is 14.2 Å². The van der Waals surface area contributed by atoms with E-state index in [1.165, 1.54) is 39.8 Å². The molecule has 3 heterocycles. The Kier molecular flexibility index (Phi) is 5.81. The third kappa shape index (κ3) is 4.43. The van der Waals surface area contributed by atoms with Crippen molar-refractivity contribution in [2.24, 2.45) is 7.05 Å². The molecule has 4 rings (SSSR count). The maximum Gasteiger partial charge on any atom is 0.273 e. The fraction of sp³-hybridized carbons (Fsp3) is 0.368. The summed E-state index contributed by atoms with van der Waals surface area (Å²) in [5, 5.41) is 4.07. The van der Waals surface area contributed by atoms with Crippen molar-refractivity contribution >= 4 is 44.5 Å². The third-order valence-electron chi connectivity index (χ3n) is 4.70. The SMILES string of the molecule is Cn1c(SCC(=O)NCc2ccc(F)cc2)nc2nc(N3CCCC3)sc2c1=O. The quantitative estimate of drug-likeness (QED) is 0.475. The van der Waals surface area contributed by atoms with Crippen LogP contribution in [0.25, 0.3) is 10.3 Å². The van der Waals surface area contributed by atoms with E-state index in [4.69, 9.17) is 0 Å². The lowest BCUT2D eigenvalue weighted by atomic mass is 10.2. The van der Waals surface area contributed by atoms with Gasteiger partial charge in [0, 0.05) is 26.7 Å². The van der Waals surface area contributed by atoms with Gasteiger partial charge in [0.05, 0.1) is 5.75 Å². The number of thioether (sulfide) groups is 1. The van der Waals surface area contributed by atoms with Crippen LogP contribution < -0.4 is 15.8 Å². The van der Waals surface area contributed by atoms with Gasteiger partial charge in [-0.05, 0) is 30.5 Å². The van der Waals surface area contributed by atoms with E-state index in [9.17, 15) is 14.0 Å². The summed E-state index contributed by atoms with van der Waals surface area (Å²) in [6.07, 6.45) is 2.27. The summed E-state index contributed by atoms with van der Waals surface area (Å²) in [6.45, 7) is 2.22. The summed E-state index contributed by atoms with van der Waals surface area (Å²) >= 11 is 2.57. The lowest BCUT2D eigenvalue weighted by molar-refractivity contribution is -0.118. The van der Waals surface area contributed by atoms with Gasteiger partial charge in [-0.25, -0.2) is 9.37 Å². The van der Waals surface area contributed by atoms with Crippen molar-refractivity contribution in [1.29, 1.82) is 0 Å². The van der Waals surface area contributed by atoms with E-state index in [1.54, 1.807) is 19.2 Å². The maximum atomic E-state index is 12.9. The lowest BCUT2D eigenvalue weighted by Crippen LogP contribution is -2.25. The molecule has 10 heteroatoms. The van der Waals surface area contributed by atoms with Crippen molar-refractivity contribution in [2.75, 3.05) is 23.7 Å². The van der Waals surface area contributed by atoms with E-state index in [1.807, 2.05) is 0 Å². The first kappa shape index (κ1) is 19.8. The number of anilines is 1. The second-order valence-corrected chi connectivity index (χ2v) is 8.71. The summed E-state index contributed by atoms with van der Waals surface area (Å²) in [5.41, 5.74) is 1.11. The number of halogens is 1. The number of amides is 1. The number of thiazole rings is 1. The second-order valence-electron chi connectivity index (χ2n) is 6.79. The molecule has 1 aliphatic heterocycles. The minimum Gasteiger partial charge on any atom is -0.351 e. The summed E-state index contributed by atoms with van der Waals surface area (Å²) in [6, 6.07) is 5.97. The van der Waals surface area contributed by atoms with Crippen LogP contribution in [0.5, 0.6) is 0 Å². The Bertz CT molecular complexity index is 1090. The highest BCUT2D eigenvalue weighted by atomic mass is 32.2. The molecule has 0 bridgehead atoms. The summed E-state index contributed by atoms with van der Waals surface area (Å²) in [7, 11) is 1.66. The number of carbonyl (C=O) groups is 1. The number of carbonyl (C=O) groups excluding carboxylic acids is 1. The fourth-order valence-electron chi connectivity index (χ4n) is 3.08. The van der Waals surface area contributed by atoms with Gasteiger partial charge in [0.25, 0.3) is 5.56 Å². The van der Waals surface area contributed by atoms with Crippen LogP contribution in [0.2, 0.25) is 0 Å². The Labute approximate surface area is 175 Å². The van der Waals surface area contributed by atoms with Crippen molar-refractivity contribution in [3.05, 3.63) is 46.0 Å². The zero-order chi connectivity index (χ0) is 20.4. The van der Waals surface area contributed by atoms with E-state index >= 15 is 0 Å². The van der Waals surface area contributed by atoms with Gasteiger partial charge >= 0.3 is 0 Å². The van der Waals surface area contributed by atoms with Crippen molar-refractivity contribution in [3.8, 4) is 0 Å². The molecule has 0 aliphatic carbocycles. The Hall–Kier alpha value is -2.46. The minimum absolute atomic E-state index is 0.121. The van der Waals surface area contributed by atoms with Gasteiger partial charge in [-0.15, -0.1) is 0 Å². The molecule has 7 nitrogen and oxygen atoms in total. The Morgan fingerprint density at radius 1 is 1.24 bits per heavy atom. The first-order valence-electron chi connectivity index (χ1n) is 9.28. The number of nitrogens with one attached hydrogen (secondary N) is 1.